The minimum Gasteiger partial charge on any atom is -0.327 e. The van der Waals surface area contributed by atoms with Crippen LogP contribution in [0.3, 0.4) is 0 Å². The van der Waals surface area contributed by atoms with Gasteiger partial charge in [0, 0.05) is 50.3 Å². The molecule has 4 heterocycles. The Kier molecular flexibility index (Phi) is 3.50. The highest BCUT2D eigenvalue weighted by atomic mass is 19.1. The summed E-state index contributed by atoms with van der Waals surface area (Å²) in [6.45, 7) is 4.17. The number of halogens is 1. The highest BCUT2D eigenvalue weighted by Crippen LogP contribution is 2.42. The van der Waals surface area contributed by atoms with Crippen LogP contribution in [0.15, 0.2) is 42.9 Å². The van der Waals surface area contributed by atoms with E-state index in [4.69, 9.17) is 0 Å². The van der Waals surface area contributed by atoms with Gasteiger partial charge in [0.05, 0.1) is 18.1 Å². The van der Waals surface area contributed by atoms with Crippen molar-refractivity contribution in [3.05, 3.63) is 60.1 Å². The average Bonchev–Trinajstić information content (AvgIpc) is 3.36. The maximum absolute atomic E-state index is 13.2. The van der Waals surface area contributed by atoms with Gasteiger partial charge in [-0.15, -0.1) is 0 Å². The second kappa shape index (κ2) is 5.77. The first kappa shape index (κ1) is 15.8. The molecule has 26 heavy (non-hydrogen) atoms. The zero-order chi connectivity index (χ0) is 17.7. The summed E-state index contributed by atoms with van der Waals surface area (Å²) in [7, 11) is 1.96. The van der Waals surface area contributed by atoms with Crippen LogP contribution in [0, 0.1) is 11.2 Å². The van der Waals surface area contributed by atoms with Gasteiger partial charge in [-0.3, -0.25) is 9.58 Å². The number of imidazole rings is 1. The number of rotatable bonds is 3. The van der Waals surface area contributed by atoms with E-state index in [1.807, 2.05) is 36.3 Å². The molecule has 0 bridgehead atoms. The smallest absolute Gasteiger partial charge is 0.123 e. The third-order valence-electron chi connectivity index (χ3n) is 5.79. The number of hydrogen-bond donors (Lipinski definition) is 0. The molecule has 5 rings (SSSR count). The van der Waals surface area contributed by atoms with E-state index >= 15 is 0 Å². The number of fused-ring (bicyclic) bond motifs is 1. The Morgan fingerprint density at radius 2 is 2.00 bits per heavy atom. The normalized spacial score (nSPS) is 22.4. The van der Waals surface area contributed by atoms with Crippen molar-refractivity contribution in [2.75, 3.05) is 13.1 Å². The fourth-order valence-corrected chi connectivity index (χ4v) is 4.56. The topological polar surface area (TPSA) is 38.9 Å². The van der Waals surface area contributed by atoms with Crippen LogP contribution in [0.4, 0.5) is 4.39 Å². The number of benzene rings is 1. The fraction of sp³-hybridized carbons (Fsp3) is 0.400. The second-order valence-electron chi connectivity index (χ2n) is 7.81. The standard InChI is InChI=1S/C20H22FN5/c1-24-11-15(9-23-24)12-25-7-6-20(13-25)8-19-22-10-18(26(19)14-20)16-2-4-17(21)5-3-16/h2-5,9-11H,6-8,12-14H2,1H3/t20-/m1/s1. The highest BCUT2D eigenvalue weighted by molar-refractivity contribution is 5.59. The van der Waals surface area contributed by atoms with Gasteiger partial charge in [0.25, 0.3) is 0 Å². The SMILES string of the molecule is Cn1cc(CN2CC[C@@]3(Cc4ncc(-c5ccc(F)cc5)n4C3)C2)cn1. The zero-order valence-electron chi connectivity index (χ0n) is 14.9. The van der Waals surface area contributed by atoms with Crippen LogP contribution in [0.2, 0.25) is 0 Å². The van der Waals surface area contributed by atoms with Gasteiger partial charge in [-0.05, 0) is 42.8 Å². The molecule has 1 aromatic carbocycles. The van der Waals surface area contributed by atoms with Crippen molar-refractivity contribution in [2.45, 2.75) is 25.9 Å². The molecule has 6 heteroatoms. The maximum atomic E-state index is 13.2. The molecular weight excluding hydrogens is 329 g/mol. The Balaban J connectivity index is 1.34. The molecule has 0 aliphatic carbocycles. The van der Waals surface area contributed by atoms with Crippen LogP contribution in [0.5, 0.6) is 0 Å². The van der Waals surface area contributed by atoms with Crippen LogP contribution in [-0.2, 0) is 26.6 Å². The van der Waals surface area contributed by atoms with Gasteiger partial charge in [-0.25, -0.2) is 9.37 Å². The van der Waals surface area contributed by atoms with Gasteiger partial charge >= 0.3 is 0 Å². The van der Waals surface area contributed by atoms with Crippen LogP contribution < -0.4 is 0 Å². The van der Waals surface area contributed by atoms with Gasteiger partial charge in [0.15, 0.2) is 0 Å². The summed E-state index contributed by atoms with van der Waals surface area (Å²) in [6, 6.07) is 6.72. The molecule has 134 valence electrons. The Morgan fingerprint density at radius 1 is 1.15 bits per heavy atom. The van der Waals surface area contributed by atoms with E-state index in [9.17, 15) is 4.39 Å². The molecule has 2 aliphatic rings. The van der Waals surface area contributed by atoms with Crippen LogP contribution in [0.25, 0.3) is 11.3 Å². The van der Waals surface area contributed by atoms with E-state index in [1.165, 1.54) is 24.1 Å². The first-order valence-corrected chi connectivity index (χ1v) is 9.11. The summed E-state index contributed by atoms with van der Waals surface area (Å²) in [5, 5.41) is 4.27. The molecule has 0 N–H and O–H groups in total. The lowest BCUT2D eigenvalue weighted by molar-refractivity contribution is 0.247. The Bertz CT molecular complexity index is 942. The average molecular weight is 351 g/mol. The minimum absolute atomic E-state index is 0.201. The van der Waals surface area contributed by atoms with Crippen molar-refractivity contribution in [1.82, 2.24) is 24.2 Å². The largest absolute Gasteiger partial charge is 0.327 e. The first-order chi connectivity index (χ1) is 12.6. The number of aromatic nitrogens is 4. The van der Waals surface area contributed by atoms with Gasteiger partial charge in [-0.1, -0.05) is 0 Å². The van der Waals surface area contributed by atoms with Crippen molar-refractivity contribution in [1.29, 1.82) is 0 Å². The zero-order valence-corrected chi connectivity index (χ0v) is 14.9. The molecular formula is C20H22FN5. The molecule has 1 spiro atoms. The summed E-state index contributed by atoms with van der Waals surface area (Å²) in [5.74, 6) is 0.959. The third-order valence-corrected chi connectivity index (χ3v) is 5.79. The van der Waals surface area contributed by atoms with E-state index in [2.05, 4.69) is 25.7 Å². The highest BCUT2D eigenvalue weighted by Gasteiger charge is 2.44. The van der Waals surface area contributed by atoms with Gasteiger partial charge in [0.2, 0.25) is 0 Å². The molecule has 0 amide bonds. The lowest BCUT2D eigenvalue weighted by atomic mass is 9.86. The molecule has 0 unspecified atom stereocenters. The summed E-state index contributed by atoms with van der Waals surface area (Å²) in [6.07, 6.45) is 8.20. The Labute approximate surface area is 152 Å². The van der Waals surface area contributed by atoms with Crippen molar-refractivity contribution >= 4 is 0 Å². The lowest BCUT2D eigenvalue weighted by Crippen LogP contribution is -2.28. The Hall–Kier alpha value is -2.47. The van der Waals surface area contributed by atoms with E-state index in [-0.39, 0.29) is 11.2 Å². The summed E-state index contributed by atoms with van der Waals surface area (Å²) >= 11 is 0. The lowest BCUT2D eigenvalue weighted by Gasteiger charge is -2.23. The third kappa shape index (κ3) is 2.65. The maximum Gasteiger partial charge on any atom is 0.123 e. The summed E-state index contributed by atoms with van der Waals surface area (Å²) < 4.78 is 17.4. The van der Waals surface area contributed by atoms with Crippen molar-refractivity contribution < 1.29 is 4.39 Å². The quantitative estimate of drug-likeness (QED) is 0.728. The van der Waals surface area contributed by atoms with Crippen LogP contribution in [0.1, 0.15) is 17.8 Å². The molecule has 1 fully saturated rings. The van der Waals surface area contributed by atoms with E-state index in [0.717, 1.165) is 49.7 Å². The molecule has 3 aromatic rings. The van der Waals surface area contributed by atoms with E-state index in [0.29, 0.717) is 0 Å². The minimum atomic E-state index is -0.201. The van der Waals surface area contributed by atoms with Gasteiger partial charge in [-0.2, -0.15) is 5.10 Å². The van der Waals surface area contributed by atoms with Gasteiger partial charge in [0.1, 0.15) is 11.6 Å². The van der Waals surface area contributed by atoms with Crippen molar-refractivity contribution in [2.24, 2.45) is 12.5 Å². The number of hydrogen-bond acceptors (Lipinski definition) is 3. The first-order valence-electron chi connectivity index (χ1n) is 9.11. The molecule has 0 radical (unpaired) electrons. The van der Waals surface area contributed by atoms with Gasteiger partial charge < -0.3 is 4.57 Å². The Morgan fingerprint density at radius 3 is 2.77 bits per heavy atom. The monoisotopic (exact) mass is 351 g/mol. The molecule has 2 aromatic heterocycles. The number of aryl methyl sites for hydroxylation is 1. The molecule has 1 atom stereocenters. The summed E-state index contributed by atoms with van der Waals surface area (Å²) in [5.41, 5.74) is 3.68. The van der Waals surface area contributed by atoms with E-state index in [1.54, 1.807) is 0 Å². The molecule has 1 saturated heterocycles. The molecule has 0 saturated carbocycles. The second-order valence-corrected chi connectivity index (χ2v) is 7.81. The van der Waals surface area contributed by atoms with Crippen molar-refractivity contribution in [3.63, 3.8) is 0 Å². The van der Waals surface area contributed by atoms with Crippen LogP contribution in [-0.4, -0.2) is 37.3 Å². The molecule has 2 aliphatic heterocycles. The number of likely N-dealkylation sites (tertiary alicyclic amines) is 1. The predicted molar refractivity (Wildman–Crippen MR) is 96.9 cm³/mol. The summed E-state index contributed by atoms with van der Waals surface area (Å²) in [4.78, 5) is 7.19. The molecule has 5 nitrogen and oxygen atoms in total. The van der Waals surface area contributed by atoms with E-state index < -0.39 is 0 Å². The predicted octanol–water partition coefficient (Wildman–Crippen LogP) is 2.87. The van der Waals surface area contributed by atoms with Crippen molar-refractivity contribution in [3.8, 4) is 11.3 Å². The van der Waals surface area contributed by atoms with Crippen LogP contribution >= 0.6 is 0 Å². The number of nitrogens with zero attached hydrogens (tertiary/aromatic N) is 5. The fourth-order valence-electron chi connectivity index (χ4n) is 4.56.